The van der Waals surface area contributed by atoms with Gasteiger partial charge in [-0.3, -0.25) is 4.98 Å². The van der Waals surface area contributed by atoms with E-state index in [9.17, 15) is 14.3 Å². The second-order valence-corrected chi connectivity index (χ2v) is 9.30. The molecule has 7 nitrogen and oxygen atoms in total. The van der Waals surface area contributed by atoms with Gasteiger partial charge in [-0.05, 0) is 50.6 Å². The molecular weight excluding hydrogens is 469 g/mol. The van der Waals surface area contributed by atoms with E-state index in [0.29, 0.717) is 40.7 Å². The number of thiophene rings is 1. The number of hydrogen-bond acceptors (Lipinski definition) is 6. The second kappa shape index (κ2) is 10.4. The van der Waals surface area contributed by atoms with Crippen molar-refractivity contribution in [1.29, 1.82) is 0 Å². The number of carbonyl (C=O) groups is 1. The highest BCUT2D eigenvalue weighted by Gasteiger charge is 2.20. The summed E-state index contributed by atoms with van der Waals surface area (Å²) in [5.41, 5.74) is 2.94. The predicted molar refractivity (Wildman–Crippen MR) is 137 cm³/mol. The number of aromatic carboxylic acids is 1. The average molecular weight is 498 g/mol. The van der Waals surface area contributed by atoms with E-state index in [2.05, 4.69) is 10.3 Å². The van der Waals surface area contributed by atoms with Gasteiger partial charge in [-0.2, -0.15) is 0 Å². The molecule has 9 heteroatoms. The number of ether oxygens (including phenoxy) is 2. The van der Waals surface area contributed by atoms with Crippen LogP contribution >= 0.6 is 11.3 Å². The Labute approximate surface area is 207 Å². The Kier molecular flexibility index (Phi) is 7.25. The molecule has 0 bridgehead atoms. The van der Waals surface area contributed by atoms with Gasteiger partial charge in [0.25, 0.3) is 0 Å². The van der Waals surface area contributed by atoms with Crippen LogP contribution in [0.1, 0.15) is 35.6 Å². The molecule has 4 aromatic rings. The number of rotatable bonds is 10. The number of halogens is 1. The highest BCUT2D eigenvalue weighted by molar-refractivity contribution is 7.17. The first-order chi connectivity index (χ1) is 16.8. The first-order valence-corrected chi connectivity index (χ1v) is 12.2. The number of fused-ring (bicyclic) bond motifs is 1. The van der Waals surface area contributed by atoms with Gasteiger partial charge in [0.15, 0.2) is 4.88 Å². The number of nitrogens with zero attached hydrogens (tertiary/aromatic N) is 2. The molecule has 35 heavy (non-hydrogen) atoms. The molecule has 3 heterocycles. The number of pyridine rings is 1. The number of hydrogen-bond donors (Lipinski definition) is 2. The Morgan fingerprint density at radius 1 is 1.26 bits per heavy atom. The molecule has 0 saturated carbocycles. The second-order valence-electron chi connectivity index (χ2n) is 8.25. The molecule has 1 aromatic carbocycles. The Hall–Kier alpha value is -3.59. The zero-order chi connectivity index (χ0) is 25.1. The van der Waals surface area contributed by atoms with Crippen molar-refractivity contribution in [3.63, 3.8) is 0 Å². The van der Waals surface area contributed by atoms with Crippen molar-refractivity contribution in [2.75, 3.05) is 19.0 Å². The lowest BCUT2D eigenvalue weighted by molar-refractivity contribution is 0.0695. The third-order valence-electron chi connectivity index (χ3n) is 5.87. The lowest BCUT2D eigenvalue weighted by atomic mass is 10.2. The molecule has 0 fully saturated rings. The quantitative estimate of drug-likeness (QED) is 0.271. The van der Waals surface area contributed by atoms with Crippen molar-refractivity contribution in [1.82, 2.24) is 9.55 Å². The highest BCUT2D eigenvalue weighted by atomic mass is 32.1. The van der Waals surface area contributed by atoms with Crippen molar-refractivity contribution in [3.8, 4) is 22.1 Å². The van der Waals surface area contributed by atoms with Crippen LogP contribution in [0.3, 0.4) is 0 Å². The molecule has 0 aliphatic heterocycles. The summed E-state index contributed by atoms with van der Waals surface area (Å²) in [6.07, 6.45) is 2.36. The van der Waals surface area contributed by atoms with Gasteiger partial charge >= 0.3 is 5.97 Å². The lowest BCUT2D eigenvalue weighted by Crippen LogP contribution is -2.12. The van der Waals surface area contributed by atoms with Gasteiger partial charge < -0.3 is 24.5 Å². The lowest BCUT2D eigenvalue weighted by Gasteiger charge is -2.12. The van der Waals surface area contributed by atoms with Crippen LogP contribution in [0.2, 0.25) is 0 Å². The predicted octanol–water partition coefficient (Wildman–Crippen LogP) is 6.21. The van der Waals surface area contributed by atoms with Crippen molar-refractivity contribution in [3.05, 3.63) is 59.0 Å². The Morgan fingerprint density at radius 2 is 2.06 bits per heavy atom. The number of benzene rings is 1. The van der Waals surface area contributed by atoms with Crippen LogP contribution in [0.4, 0.5) is 10.1 Å². The third kappa shape index (κ3) is 5.09. The molecule has 0 saturated heterocycles. The van der Waals surface area contributed by atoms with E-state index in [-0.39, 0.29) is 16.8 Å². The normalized spacial score (nSPS) is 12.0. The number of carboxylic acid groups (broad SMARTS) is 1. The standard InChI is InChI=1S/C26H28FN3O4S/c1-5-16(3)34-22-14-23(35-25(22)26(31)32)20-13-17(8-9-29-20)28-10-11-30-15(2)12-18-21(33-4)7-6-19(27)24(18)30/h6-9,12-14,16H,5,10-11H2,1-4H3,(H,28,29)(H,31,32). The number of anilines is 1. The van der Waals surface area contributed by atoms with Gasteiger partial charge in [-0.15, -0.1) is 11.3 Å². The van der Waals surface area contributed by atoms with Gasteiger partial charge in [0.05, 0.1) is 29.3 Å². The number of methoxy groups -OCH3 is 1. The summed E-state index contributed by atoms with van der Waals surface area (Å²) in [6.45, 7) is 6.94. The zero-order valence-electron chi connectivity index (χ0n) is 20.1. The summed E-state index contributed by atoms with van der Waals surface area (Å²) in [4.78, 5) is 17.0. The molecule has 1 unspecified atom stereocenters. The fourth-order valence-corrected chi connectivity index (χ4v) is 4.83. The Morgan fingerprint density at radius 3 is 2.77 bits per heavy atom. The van der Waals surface area contributed by atoms with Gasteiger partial charge in [0, 0.05) is 42.1 Å². The van der Waals surface area contributed by atoms with E-state index in [1.165, 1.54) is 6.07 Å². The van der Waals surface area contributed by atoms with Crippen LogP contribution < -0.4 is 14.8 Å². The fourth-order valence-electron chi connectivity index (χ4n) is 3.93. The van der Waals surface area contributed by atoms with Gasteiger partial charge in [0.1, 0.15) is 17.3 Å². The van der Waals surface area contributed by atoms with Crippen LogP contribution in [0.15, 0.2) is 42.6 Å². The molecule has 0 aliphatic carbocycles. The maximum atomic E-state index is 14.6. The average Bonchev–Trinajstić information content (AvgIpc) is 3.41. The molecule has 1 atom stereocenters. The first-order valence-electron chi connectivity index (χ1n) is 11.4. The summed E-state index contributed by atoms with van der Waals surface area (Å²) in [5, 5.41) is 13.7. The Balaban J connectivity index is 1.52. The fraction of sp³-hybridized carbons (Fsp3) is 0.308. The maximum absolute atomic E-state index is 14.6. The largest absolute Gasteiger partial charge is 0.496 e. The number of aromatic nitrogens is 2. The molecule has 184 valence electrons. The minimum atomic E-state index is -1.02. The van der Waals surface area contributed by atoms with Crippen molar-refractivity contribution in [2.45, 2.75) is 39.8 Å². The topological polar surface area (TPSA) is 85.6 Å². The molecular formula is C26H28FN3O4S. The molecule has 0 amide bonds. The first kappa shape index (κ1) is 24.5. The molecule has 0 spiro atoms. The number of aryl methyl sites for hydroxylation is 1. The van der Waals surface area contributed by atoms with E-state index in [1.54, 1.807) is 25.4 Å². The smallest absolute Gasteiger partial charge is 0.349 e. The zero-order valence-corrected chi connectivity index (χ0v) is 20.9. The minimum Gasteiger partial charge on any atom is -0.496 e. The maximum Gasteiger partial charge on any atom is 0.349 e. The number of carboxylic acids is 1. The van der Waals surface area contributed by atoms with Crippen molar-refractivity contribution >= 4 is 33.9 Å². The Bertz CT molecular complexity index is 1360. The highest BCUT2D eigenvalue weighted by Crippen LogP contribution is 2.37. The van der Waals surface area contributed by atoms with Gasteiger partial charge in [0.2, 0.25) is 0 Å². The summed E-state index contributed by atoms with van der Waals surface area (Å²) < 4.78 is 27.7. The summed E-state index contributed by atoms with van der Waals surface area (Å²) in [6, 6.07) is 10.4. The van der Waals surface area contributed by atoms with E-state index in [1.807, 2.05) is 43.5 Å². The van der Waals surface area contributed by atoms with Crippen LogP contribution in [-0.4, -0.2) is 40.4 Å². The van der Waals surface area contributed by atoms with Crippen LogP contribution in [-0.2, 0) is 6.54 Å². The molecule has 4 rings (SSSR count). The monoisotopic (exact) mass is 497 g/mol. The van der Waals surface area contributed by atoms with Crippen LogP contribution in [0.5, 0.6) is 11.5 Å². The summed E-state index contributed by atoms with van der Waals surface area (Å²) in [5.74, 6) is -0.308. The van der Waals surface area contributed by atoms with E-state index >= 15 is 0 Å². The minimum absolute atomic E-state index is 0.0884. The molecule has 3 aromatic heterocycles. The molecule has 0 aliphatic rings. The van der Waals surface area contributed by atoms with Crippen LogP contribution in [0, 0.1) is 12.7 Å². The van der Waals surface area contributed by atoms with Crippen molar-refractivity contribution in [2.24, 2.45) is 0 Å². The summed E-state index contributed by atoms with van der Waals surface area (Å²) >= 11 is 1.14. The van der Waals surface area contributed by atoms with Gasteiger partial charge in [-0.1, -0.05) is 6.92 Å². The van der Waals surface area contributed by atoms with E-state index < -0.39 is 5.97 Å². The summed E-state index contributed by atoms with van der Waals surface area (Å²) in [7, 11) is 1.58. The van der Waals surface area contributed by atoms with Gasteiger partial charge in [-0.25, -0.2) is 9.18 Å². The number of nitrogens with one attached hydrogen (secondary N) is 1. The van der Waals surface area contributed by atoms with E-state index in [4.69, 9.17) is 9.47 Å². The molecule has 2 N–H and O–H groups in total. The molecule has 0 radical (unpaired) electrons. The SMILES string of the molecule is CCC(C)Oc1cc(-c2cc(NCCn3c(C)cc4c(OC)ccc(F)c43)ccn2)sc1C(=O)O. The van der Waals surface area contributed by atoms with Crippen molar-refractivity contribution < 1.29 is 23.8 Å². The third-order valence-corrected chi connectivity index (χ3v) is 7.00. The van der Waals surface area contributed by atoms with E-state index in [0.717, 1.165) is 34.5 Å². The van der Waals surface area contributed by atoms with Crippen LogP contribution in [0.25, 0.3) is 21.5 Å².